The second-order valence-electron chi connectivity index (χ2n) is 5.03. The molecule has 2 aromatic rings. The molecule has 6 heteroatoms. The second-order valence-corrected chi connectivity index (χ2v) is 5.03. The summed E-state index contributed by atoms with van der Waals surface area (Å²) < 4.78 is 0. The van der Waals surface area contributed by atoms with Gasteiger partial charge in [0.1, 0.15) is 12.1 Å². The molecule has 3 rings (SSSR count). The van der Waals surface area contributed by atoms with Crippen LogP contribution in [0.2, 0.25) is 0 Å². The number of rotatable bonds is 3. The number of nitrogens with zero attached hydrogens (tertiary/aromatic N) is 5. The van der Waals surface area contributed by atoms with Crippen molar-refractivity contribution in [2.24, 2.45) is 0 Å². The Kier molecular flexibility index (Phi) is 3.71. The molecule has 0 amide bonds. The molecule has 1 N–H and O–H groups in total. The van der Waals surface area contributed by atoms with Crippen molar-refractivity contribution in [3.05, 3.63) is 36.4 Å². The van der Waals surface area contributed by atoms with E-state index >= 15 is 0 Å². The van der Waals surface area contributed by atoms with Gasteiger partial charge in [0.2, 0.25) is 0 Å². The van der Waals surface area contributed by atoms with Gasteiger partial charge in [-0.05, 0) is 31.9 Å². The molecular formula is C14H18N6. The number of aryl methyl sites for hydroxylation is 1. The Balaban J connectivity index is 1.56. The van der Waals surface area contributed by atoms with Crippen LogP contribution in [0.5, 0.6) is 0 Å². The predicted octanol–water partition coefficient (Wildman–Crippen LogP) is 1.66. The van der Waals surface area contributed by atoms with E-state index in [9.17, 15) is 0 Å². The summed E-state index contributed by atoms with van der Waals surface area (Å²) in [4.78, 5) is 10.6. The third kappa shape index (κ3) is 3.01. The van der Waals surface area contributed by atoms with Crippen LogP contribution in [0.25, 0.3) is 0 Å². The van der Waals surface area contributed by atoms with Crippen molar-refractivity contribution in [2.75, 3.05) is 23.3 Å². The van der Waals surface area contributed by atoms with Crippen LogP contribution in [-0.4, -0.2) is 39.3 Å². The van der Waals surface area contributed by atoms with E-state index in [1.165, 1.54) is 0 Å². The second kappa shape index (κ2) is 5.81. The number of piperidine rings is 1. The Morgan fingerprint density at radius 1 is 1.25 bits per heavy atom. The molecule has 2 aromatic heterocycles. The Morgan fingerprint density at radius 2 is 2.10 bits per heavy atom. The maximum absolute atomic E-state index is 4.25. The standard InChI is InChI=1S/C14H18N6/c1-11-9-13(16-10-15-11)18-12-4-7-20(8-5-12)14-3-2-6-17-19-14/h2-3,6,9-10,12H,4-5,7-8H2,1H3,(H,15,16,18). The van der Waals surface area contributed by atoms with E-state index in [1.54, 1.807) is 12.5 Å². The van der Waals surface area contributed by atoms with Gasteiger partial charge in [-0.2, -0.15) is 5.10 Å². The first kappa shape index (κ1) is 12.8. The summed E-state index contributed by atoms with van der Waals surface area (Å²) in [6.07, 6.45) is 5.45. The molecule has 104 valence electrons. The first-order chi connectivity index (χ1) is 9.81. The van der Waals surface area contributed by atoms with E-state index in [0.717, 1.165) is 43.3 Å². The van der Waals surface area contributed by atoms with Gasteiger partial charge in [-0.1, -0.05) is 0 Å². The molecule has 6 nitrogen and oxygen atoms in total. The van der Waals surface area contributed by atoms with E-state index in [2.05, 4.69) is 30.4 Å². The van der Waals surface area contributed by atoms with Crippen molar-refractivity contribution in [2.45, 2.75) is 25.8 Å². The number of anilines is 2. The molecule has 0 unspecified atom stereocenters. The first-order valence-electron chi connectivity index (χ1n) is 6.89. The predicted molar refractivity (Wildman–Crippen MR) is 77.7 cm³/mol. The Labute approximate surface area is 118 Å². The lowest BCUT2D eigenvalue weighted by Gasteiger charge is -2.33. The maximum atomic E-state index is 4.25. The summed E-state index contributed by atoms with van der Waals surface area (Å²) in [5, 5.41) is 11.6. The third-order valence-corrected chi connectivity index (χ3v) is 3.53. The van der Waals surface area contributed by atoms with Crippen molar-refractivity contribution >= 4 is 11.6 Å². The summed E-state index contributed by atoms with van der Waals surface area (Å²) >= 11 is 0. The third-order valence-electron chi connectivity index (χ3n) is 3.53. The van der Waals surface area contributed by atoms with Crippen molar-refractivity contribution in [3.63, 3.8) is 0 Å². The smallest absolute Gasteiger partial charge is 0.151 e. The van der Waals surface area contributed by atoms with Crippen LogP contribution in [0.3, 0.4) is 0 Å². The number of hydrogen-bond acceptors (Lipinski definition) is 6. The minimum absolute atomic E-state index is 0.456. The largest absolute Gasteiger partial charge is 0.367 e. The first-order valence-corrected chi connectivity index (χ1v) is 6.89. The Morgan fingerprint density at radius 3 is 2.80 bits per heavy atom. The number of hydrogen-bond donors (Lipinski definition) is 1. The number of nitrogens with one attached hydrogen (secondary N) is 1. The minimum atomic E-state index is 0.456. The van der Waals surface area contributed by atoms with Crippen LogP contribution >= 0.6 is 0 Å². The summed E-state index contributed by atoms with van der Waals surface area (Å²) in [7, 11) is 0. The van der Waals surface area contributed by atoms with Crippen molar-refractivity contribution in [3.8, 4) is 0 Å². The quantitative estimate of drug-likeness (QED) is 0.915. The molecule has 0 bridgehead atoms. The molecule has 1 saturated heterocycles. The zero-order valence-corrected chi connectivity index (χ0v) is 11.5. The zero-order chi connectivity index (χ0) is 13.8. The summed E-state index contributed by atoms with van der Waals surface area (Å²) in [6, 6.07) is 6.37. The van der Waals surface area contributed by atoms with Crippen LogP contribution < -0.4 is 10.2 Å². The Hall–Kier alpha value is -2.24. The molecule has 20 heavy (non-hydrogen) atoms. The van der Waals surface area contributed by atoms with Crippen LogP contribution in [0.4, 0.5) is 11.6 Å². The van der Waals surface area contributed by atoms with Gasteiger partial charge in [0.05, 0.1) is 0 Å². The fourth-order valence-electron chi connectivity index (χ4n) is 2.46. The fourth-order valence-corrected chi connectivity index (χ4v) is 2.46. The van der Waals surface area contributed by atoms with E-state index in [-0.39, 0.29) is 0 Å². The minimum Gasteiger partial charge on any atom is -0.367 e. The average Bonchev–Trinajstić information content (AvgIpc) is 2.49. The molecule has 0 spiro atoms. The SMILES string of the molecule is Cc1cc(NC2CCN(c3cccnn3)CC2)ncn1. The van der Waals surface area contributed by atoms with E-state index in [4.69, 9.17) is 0 Å². The van der Waals surface area contributed by atoms with Crippen LogP contribution in [-0.2, 0) is 0 Å². The number of aromatic nitrogens is 4. The average molecular weight is 270 g/mol. The highest BCUT2D eigenvalue weighted by Gasteiger charge is 2.20. The van der Waals surface area contributed by atoms with Gasteiger partial charge in [-0.3, -0.25) is 0 Å². The highest BCUT2D eigenvalue weighted by molar-refractivity contribution is 5.39. The summed E-state index contributed by atoms with van der Waals surface area (Å²) in [6.45, 7) is 3.95. The van der Waals surface area contributed by atoms with Crippen molar-refractivity contribution in [1.82, 2.24) is 20.2 Å². The molecule has 0 saturated carbocycles. The van der Waals surface area contributed by atoms with Gasteiger partial charge in [0.25, 0.3) is 0 Å². The molecule has 1 aliphatic heterocycles. The lowest BCUT2D eigenvalue weighted by Crippen LogP contribution is -2.39. The Bertz CT molecular complexity index is 551. The van der Waals surface area contributed by atoms with Crippen LogP contribution in [0.1, 0.15) is 18.5 Å². The van der Waals surface area contributed by atoms with E-state index in [0.29, 0.717) is 6.04 Å². The lowest BCUT2D eigenvalue weighted by atomic mass is 10.1. The highest BCUT2D eigenvalue weighted by Crippen LogP contribution is 2.19. The molecule has 1 aliphatic rings. The van der Waals surface area contributed by atoms with Gasteiger partial charge >= 0.3 is 0 Å². The lowest BCUT2D eigenvalue weighted by molar-refractivity contribution is 0.521. The van der Waals surface area contributed by atoms with Gasteiger partial charge < -0.3 is 10.2 Å². The molecule has 0 aliphatic carbocycles. The van der Waals surface area contributed by atoms with Gasteiger partial charge in [-0.15, -0.1) is 5.10 Å². The van der Waals surface area contributed by atoms with E-state index in [1.807, 2.05) is 25.1 Å². The van der Waals surface area contributed by atoms with Crippen molar-refractivity contribution < 1.29 is 0 Å². The van der Waals surface area contributed by atoms with Gasteiger partial charge in [-0.25, -0.2) is 9.97 Å². The van der Waals surface area contributed by atoms with Crippen LogP contribution in [0.15, 0.2) is 30.7 Å². The maximum Gasteiger partial charge on any atom is 0.151 e. The van der Waals surface area contributed by atoms with Gasteiger partial charge in [0.15, 0.2) is 5.82 Å². The van der Waals surface area contributed by atoms with Crippen molar-refractivity contribution in [1.29, 1.82) is 0 Å². The summed E-state index contributed by atoms with van der Waals surface area (Å²) in [5.74, 6) is 1.87. The highest BCUT2D eigenvalue weighted by atomic mass is 15.3. The zero-order valence-electron chi connectivity index (χ0n) is 11.5. The molecule has 1 fully saturated rings. The molecule has 0 radical (unpaired) electrons. The molecular weight excluding hydrogens is 252 g/mol. The fraction of sp³-hybridized carbons (Fsp3) is 0.429. The van der Waals surface area contributed by atoms with E-state index < -0.39 is 0 Å². The monoisotopic (exact) mass is 270 g/mol. The summed E-state index contributed by atoms with van der Waals surface area (Å²) in [5.41, 5.74) is 0.986. The molecule has 3 heterocycles. The molecule has 0 atom stereocenters. The van der Waals surface area contributed by atoms with Crippen LogP contribution in [0, 0.1) is 6.92 Å². The topological polar surface area (TPSA) is 66.8 Å². The van der Waals surface area contributed by atoms with Gasteiger partial charge in [0, 0.05) is 37.1 Å². The molecule has 0 aromatic carbocycles. The normalized spacial score (nSPS) is 16.1.